The summed E-state index contributed by atoms with van der Waals surface area (Å²) >= 11 is 0. The van der Waals surface area contributed by atoms with E-state index < -0.39 is 0 Å². The lowest BCUT2D eigenvalue weighted by molar-refractivity contribution is 0.572. The first kappa shape index (κ1) is 15.6. The molecule has 2 nitrogen and oxygen atoms in total. The van der Waals surface area contributed by atoms with E-state index in [1.54, 1.807) is 0 Å². The Balaban J connectivity index is 1.64. The topological polar surface area (TPSA) is 24.4 Å². The Bertz CT molecular complexity index is 858. The number of amidine groups is 1. The fraction of sp³-hybridized carbons (Fsp3) is 0.136. The van der Waals surface area contributed by atoms with Gasteiger partial charge in [-0.2, -0.15) is 0 Å². The van der Waals surface area contributed by atoms with Crippen LogP contribution in [0.3, 0.4) is 0 Å². The summed E-state index contributed by atoms with van der Waals surface area (Å²) in [5.41, 5.74) is 3.46. The van der Waals surface area contributed by atoms with Gasteiger partial charge < -0.3 is 5.32 Å². The predicted molar refractivity (Wildman–Crippen MR) is 99.0 cm³/mol. The van der Waals surface area contributed by atoms with Crippen LogP contribution >= 0.6 is 0 Å². The van der Waals surface area contributed by atoms with E-state index in [1.165, 1.54) is 23.3 Å². The van der Waals surface area contributed by atoms with Crippen molar-refractivity contribution in [1.82, 2.24) is 5.32 Å². The Morgan fingerprint density at radius 3 is 2.00 bits per heavy atom. The molecule has 25 heavy (non-hydrogen) atoms. The first-order chi connectivity index (χ1) is 12.3. The molecule has 0 spiro atoms. The quantitative estimate of drug-likeness (QED) is 0.726. The van der Waals surface area contributed by atoms with Crippen LogP contribution in [0.1, 0.15) is 28.8 Å². The smallest absolute Gasteiger partial charge is 0.123 e. The molecule has 0 fully saturated rings. The average Bonchev–Trinajstić information content (AvgIpc) is 3.09. The molecule has 0 unspecified atom stereocenters. The van der Waals surface area contributed by atoms with Gasteiger partial charge in [-0.15, -0.1) is 0 Å². The highest BCUT2D eigenvalue weighted by Crippen LogP contribution is 2.36. The van der Waals surface area contributed by atoms with Crippen molar-refractivity contribution >= 4 is 5.84 Å². The second kappa shape index (κ2) is 6.89. The number of rotatable bonds is 4. The summed E-state index contributed by atoms with van der Waals surface area (Å²) in [6, 6.07) is 27.5. The van der Waals surface area contributed by atoms with E-state index in [9.17, 15) is 4.39 Å². The molecule has 0 saturated heterocycles. The Kier molecular flexibility index (Phi) is 4.30. The first-order valence-electron chi connectivity index (χ1n) is 8.47. The van der Waals surface area contributed by atoms with Crippen molar-refractivity contribution in [2.75, 3.05) is 0 Å². The third-order valence-electron chi connectivity index (χ3n) is 4.52. The summed E-state index contributed by atoms with van der Waals surface area (Å²) in [5.74, 6) is 0.726. The van der Waals surface area contributed by atoms with E-state index in [1.807, 2.05) is 36.4 Å². The van der Waals surface area contributed by atoms with Crippen LogP contribution in [-0.2, 0) is 6.42 Å². The minimum absolute atomic E-state index is 0.0408. The SMILES string of the molecule is Fc1ccc(CC2=N[C@@H](c3ccccc3)[C@@H](c3ccccc3)N2)cc1. The predicted octanol–water partition coefficient (Wildman–Crippen LogP) is 4.85. The molecule has 2 atom stereocenters. The van der Waals surface area contributed by atoms with Gasteiger partial charge in [-0.3, -0.25) is 4.99 Å². The molecule has 3 heteroatoms. The maximum absolute atomic E-state index is 13.1. The van der Waals surface area contributed by atoms with Crippen LogP contribution in [0.5, 0.6) is 0 Å². The summed E-state index contributed by atoms with van der Waals surface area (Å²) in [4.78, 5) is 4.95. The molecule has 0 bridgehead atoms. The van der Waals surface area contributed by atoms with Crippen LogP contribution < -0.4 is 5.32 Å². The highest BCUT2D eigenvalue weighted by Gasteiger charge is 2.30. The van der Waals surface area contributed by atoms with E-state index in [0.717, 1.165) is 11.4 Å². The molecule has 0 aromatic heterocycles. The number of hydrogen-bond acceptors (Lipinski definition) is 2. The highest BCUT2D eigenvalue weighted by molar-refractivity contribution is 5.87. The molecule has 1 aliphatic rings. The third-order valence-corrected chi connectivity index (χ3v) is 4.52. The van der Waals surface area contributed by atoms with E-state index in [-0.39, 0.29) is 17.9 Å². The minimum Gasteiger partial charge on any atom is -0.364 e. The minimum atomic E-state index is -0.214. The van der Waals surface area contributed by atoms with Crippen molar-refractivity contribution in [3.63, 3.8) is 0 Å². The second-order valence-electron chi connectivity index (χ2n) is 6.27. The summed E-state index contributed by atoms with van der Waals surface area (Å²) in [6.07, 6.45) is 0.674. The summed E-state index contributed by atoms with van der Waals surface area (Å²) < 4.78 is 13.1. The number of halogens is 1. The average molecular weight is 330 g/mol. The fourth-order valence-corrected chi connectivity index (χ4v) is 3.27. The van der Waals surface area contributed by atoms with Gasteiger partial charge in [0.2, 0.25) is 0 Å². The van der Waals surface area contributed by atoms with E-state index in [0.29, 0.717) is 6.42 Å². The molecule has 1 aliphatic heterocycles. The number of benzene rings is 3. The van der Waals surface area contributed by atoms with Crippen molar-refractivity contribution in [2.24, 2.45) is 4.99 Å². The van der Waals surface area contributed by atoms with Crippen molar-refractivity contribution in [2.45, 2.75) is 18.5 Å². The largest absolute Gasteiger partial charge is 0.364 e. The second-order valence-corrected chi connectivity index (χ2v) is 6.27. The molecule has 4 rings (SSSR count). The van der Waals surface area contributed by atoms with Gasteiger partial charge in [0.1, 0.15) is 17.7 Å². The molecule has 0 radical (unpaired) electrons. The van der Waals surface area contributed by atoms with Gasteiger partial charge in [-0.25, -0.2) is 4.39 Å². The monoisotopic (exact) mass is 330 g/mol. The maximum atomic E-state index is 13.1. The summed E-state index contributed by atoms with van der Waals surface area (Å²) in [7, 11) is 0. The maximum Gasteiger partial charge on any atom is 0.123 e. The van der Waals surface area contributed by atoms with Gasteiger partial charge in [0.25, 0.3) is 0 Å². The molecular weight excluding hydrogens is 311 g/mol. The fourth-order valence-electron chi connectivity index (χ4n) is 3.27. The van der Waals surface area contributed by atoms with Gasteiger partial charge in [0.05, 0.1) is 6.04 Å². The Hall–Kier alpha value is -2.94. The first-order valence-corrected chi connectivity index (χ1v) is 8.47. The van der Waals surface area contributed by atoms with Crippen molar-refractivity contribution < 1.29 is 4.39 Å². The van der Waals surface area contributed by atoms with Crippen LogP contribution in [-0.4, -0.2) is 5.84 Å². The van der Waals surface area contributed by atoms with Gasteiger partial charge in [0, 0.05) is 6.42 Å². The van der Waals surface area contributed by atoms with Crippen molar-refractivity contribution in [3.8, 4) is 0 Å². The zero-order valence-electron chi connectivity index (χ0n) is 13.8. The van der Waals surface area contributed by atoms with E-state index >= 15 is 0 Å². The molecule has 1 heterocycles. The zero-order valence-corrected chi connectivity index (χ0v) is 13.8. The van der Waals surface area contributed by atoms with Crippen LogP contribution in [0.4, 0.5) is 4.39 Å². The van der Waals surface area contributed by atoms with Crippen LogP contribution in [0.25, 0.3) is 0 Å². The molecule has 0 amide bonds. The van der Waals surface area contributed by atoms with E-state index in [2.05, 4.69) is 41.7 Å². The Morgan fingerprint density at radius 1 is 0.760 bits per heavy atom. The van der Waals surface area contributed by atoms with Gasteiger partial charge >= 0.3 is 0 Å². The highest BCUT2D eigenvalue weighted by atomic mass is 19.1. The number of hydrogen-bond donors (Lipinski definition) is 1. The molecule has 0 aliphatic carbocycles. The number of aliphatic imine (C=N–C) groups is 1. The molecule has 0 saturated carbocycles. The van der Waals surface area contributed by atoms with Gasteiger partial charge in [-0.1, -0.05) is 72.8 Å². The summed E-state index contributed by atoms with van der Waals surface area (Å²) in [5, 5.41) is 3.58. The standard InChI is InChI=1S/C22H19FN2/c23-19-13-11-16(12-14-19)15-20-24-21(17-7-3-1-4-8-17)22(25-20)18-9-5-2-6-10-18/h1-14,21-22H,15H2,(H,24,25)/t21-,22+. The van der Waals surface area contributed by atoms with Gasteiger partial charge in [-0.05, 0) is 28.8 Å². The Morgan fingerprint density at radius 2 is 1.36 bits per heavy atom. The van der Waals surface area contributed by atoms with Crippen molar-refractivity contribution in [3.05, 3.63) is 107 Å². The summed E-state index contributed by atoms with van der Waals surface area (Å²) in [6.45, 7) is 0. The normalized spacial score (nSPS) is 19.3. The van der Waals surface area contributed by atoms with E-state index in [4.69, 9.17) is 4.99 Å². The lowest BCUT2D eigenvalue weighted by Crippen LogP contribution is -2.25. The van der Waals surface area contributed by atoms with Crippen molar-refractivity contribution in [1.29, 1.82) is 0 Å². The molecule has 3 aromatic rings. The number of nitrogens with one attached hydrogen (secondary N) is 1. The molecule has 1 N–H and O–H groups in total. The van der Waals surface area contributed by atoms with Gasteiger partial charge in [0.15, 0.2) is 0 Å². The third kappa shape index (κ3) is 3.45. The number of nitrogens with zero attached hydrogens (tertiary/aromatic N) is 1. The molecular formula is C22H19FN2. The van der Waals surface area contributed by atoms with Crippen LogP contribution in [0.15, 0.2) is 89.9 Å². The molecule has 3 aromatic carbocycles. The van der Waals surface area contributed by atoms with Crippen LogP contribution in [0, 0.1) is 5.82 Å². The van der Waals surface area contributed by atoms with Crippen LogP contribution in [0.2, 0.25) is 0 Å². The Labute approximate surface area is 147 Å². The lowest BCUT2D eigenvalue weighted by atomic mass is 9.95. The molecule has 124 valence electrons. The zero-order chi connectivity index (χ0) is 17.1. The lowest BCUT2D eigenvalue weighted by Gasteiger charge is -2.19.